The Morgan fingerprint density at radius 3 is 2.10 bits per heavy atom. The maximum atomic E-state index is 11.2. The molecule has 190 valence electrons. The molecule has 0 spiro atoms. The van der Waals surface area contributed by atoms with Gasteiger partial charge in [-0.2, -0.15) is 5.11 Å². The summed E-state index contributed by atoms with van der Waals surface area (Å²) in [4.78, 5) is 0. The quantitative estimate of drug-likeness (QED) is 0.217. The third kappa shape index (κ3) is 5.15. The van der Waals surface area contributed by atoms with E-state index in [0.29, 0.717) is 34.6 Å². The van der Waals surface area contributed by atoms with Crippen LogP contribution in [0.25, 0.3) is 33.7 Å². The number of hydrogen-bond donors (Lipinski definition) is 1. The fraction of sp³-hybridized carbons (Fsp3) is 0.0625. The first-order valence-corrected chi connectivity index (χ1v) is 12.8. The molecule has 0 unspecified atom stereocenters. The topological polar surface area (TPSA) is 83.9 Å². The minimum Gasteiger partial charge on any atom is -0.505 e. The summed E-state index contributed by atoms with van der Waals surface area (Å²) in [6, 6.07) is 32.7. The van der Waals surface area contributed by atoms with E-state index >= 15 is 0 Å². The van der Waals surface area contributed by atoms with Gasteiger partial charge in [0, 0.05) is 33.5 Å². The van der Waals surface area contributed by atoms with Gasteiger partial charge in [0.15, 0.2) is 0 Å². The summed E-state index contributed by atoms with van der Waals surface area (Å²) in [5.41, 5.74) is 5.50. The first kappa shape index (κ1) is 24.5. The Morgan fingerprint density at radius 1 is 0.744 bits per heavy atom. The van der Waals surface area contributed by atoms with Crippen molar-refractivity contribution < 1.29 is 9.52 Å². The normalized spacial score (nSPS) is 11.4. The van der Waals surface area contributed by atoms with Crippen LogP contribution in [0.15, 0.2) is 118 Å². The largest absolute Gasteiger partial charge is 0.505 e. The van der Waals surface area contributed by atoms with E-state index in [4.69, 9.17) is 16.0 Å². The number of benzene rings is 5. The predicted octanol–water partition coefficient (Wildman–Crippen LogP) is 9.23. The smallest absolute Gasteiger partial charge is 0.248 e. The van der Waals surface area contributed by atoms with E-state index < -0.39 is 0 Å². The van der Waals surface area contributed by atoms with Crippen LogP contribution in [0.1, 0.15) is 16.7 Å². The van der Waals surface area contributed by atoms with Gasteiger partial charge in [-0.25, -0.2) is 0 Å². The Bertz CT molecular complexity index is 1810. The van der Waals surface area contributed by atoms with Gasteiger partial charge in [0.1, 0.15) is 11.4 Å². The van der Waals surface area contributed by atoms with Crippen molar-refractivity contribution in [2.24, 2.45) is 10.2 Å². The Balaban J connectivity index is 1.28. The van der Waals surface area contributed by atoms with Crippen molar-refractivity contribution in [3.05, 3.63) is 125 Å². The summed E-state index contributed by atoms with van der Waals surface area (Å²) in [5, 5.41) is 30.9. The van der Waals surface area contributed by atoms with Gasteiger partial charge in [0.25, 0.3) is 0 Å². The average Bonchev–Trinajstić information content (AvgIpc) is 3.45. The van der Waals surface area contributed by atoms with Crippen LogP contribution in [0.4, 0.5) is 11.4 Å². The Labute approximate surface area is 230 Å². The number of phenolic OH excluding ortho intramolecular Hbond substituents is 1. The Morgan fingerprint density at radius 2 is 1.38 bits per heavy atom. The van der Waals surface area contributed by atoms with Crippen molar-refractivity contribution in [2.45, 2.75) is 13.3 Å². The molecule has 0 fully saturated rings. The van der Waals surface area contributed by atoms with Crippen LogP contribution in [0, 0.1) is 6.92 Å². The summed E-state index contributed by atoms with van der Waals surface area (Å²) in [6.07, 6.45) is 0.475. The van der Waals surface area contributed by atoms with Crippen molar-refractivity contribution >= 4 is 33.7 Å². The molecule has 0 aliphatic carbocycles. The third-order valence-corrected chi connectivity index (χ3v) is 6.88. The number of nitrogens with zero attached hydrogens (tertiary/aromatic N) is 4. The number of fused-ring (bicyclic) bond motifs is 1. The lowest BCUT2D eigenvalue weighted by Gasteiger charge is -2.11. The lowest BCUT2D eigenvalue weighted by atomic mass is 9.98. The molecule has 6 nitrogen and oxygen atoms in total. The molecule has 39 heavy (non-hydrogen) atoms. The van der Waals surface area contributed by atoms with E-state index in [9.17, 15) is 5.11 Å². The van der Waals surface area contributed by atoms with Crippen LogP contribution in [0.3, 0.4) is 0 Å². The molecule has 0 aliphatic rings. The second-order valence-corrected chi connectivity index (χ2v) is 9.65. The molecule has 6 rings (SSSR count). The minimum atomic E-state index is 0.0866. The highest BCUT2D eigenvalue weighted by Crippen LogP contribution is 2.40. The summed E-state index contributed by atoms with van der Waals surface area (Å²) in [5.74, 6) is 0.973. The van der Waals surface area contributed by atoms with Crippen LogP contribution in [-0.4, -0.2) is 15.3 Å². The summed E-state index contributed by atoms with van der Waals surface area (Å²) in [7, 11) is 0. The molecule has 0 radical (unpaired) electrons. The Kier molecular flexibility index (Phi) is 6.61. The van der Waals surface area contributed by atoms with Crippen molar-refractivity contribution in [3.8, 4) is 28.7 Å². The monoisotopic (exact) mass is 530 g/mol. The first-order valence-electron chi connectivity index (χ1n) is 12.4. The minimum absolute atomic E-state index is 0.0866. The molecule has 5 aromatic carbocycles. The highest BCUT2D eigenvalue weighted by Gasteiger charge is 2.15. The van der Waals surface area contributed by atoms with Crippen molar-refractivity contribution in [3.63, 3.8) is 0 Å². The molecular formula is C32H23ClN4O2. The highest BCUT2D eigenvalue weighted by atomic mass is 35.5. The van der Waals surface area contributed by atoms with Crippen LogP contribution in [0.2, 0.25) is 5.02 Å². The van der Waals surface area contributed by atoms with E-state index in [1.807, 2.05) is 110 Å². The zero-order chi connectivity index (χ0) is 26.8. The first-order chi connectivity index (χ1) is 19.0. The van der Waals surface area contributed by atoms with Gasteiger partial charge in [0.05, 0.1) is 5.69 Å². The number of aromatic hydroxyl groups is 1. The molecule has 0 saturated carbocycles. The zero-order valence-corrected chi connectivity index (χ0v) is 21.8. The maximum absolute atomic E-state index is 11.2. The second-order valence-electron chi connectivity index (χ2n) is 9.25. The average molecular weight is 531 g/mol. The van der Waals surface area contributed by atoms with Crippen molar-refractivity contribution in [1.29, 1.82) is 0 Å². The second kappa shape index (κ2) is 10.5. The number of halogens is 1. The van der Waals surface area contributed by atoms with E-state index in [2.05, 4.69) is 20.4 Å². The molecule has 6 aromatic rings. The fourth-order valence-corrected chi connectivity index (χ4v) is 4.59. The van der Waals surface area contributed by atoms with Gasteiger partial charge in [-0.3, -0.25) is 0 Å². The number of aromatic nitrogens is 2. The SMILES string of the molecule is Cc1ccc(-c2nnc(-c3ccc(N=Nc4c(O)c(Cc5ccccc5Cl)cc5ccccc45)cc3)o2)cc1. The molecule has 7 heteroatoms. The van der Waals surface area contributed by atoms with E-state index in [1.54, 1.807) is 0 Å². The maximum Gasteiger partial charge on any atom is 0.248 e. The fourth-order valence-electron chi connectivity index (χ4n) is 4.39. The van der Waals surface area contributed by atoms with Crippen molar-refractivity contribution in [1.82, 2.24) is 10.2 Å². The Hall–Kier alpha value is -4.81. The van der Waals surface area contributed by atoms with Crippen LogP contribution < -0.4 is 0 Å². The van der Waals surface area contributed by atoms with E-state index in [-0.39, 0.29) is 5.75 Å². The number of hydrogen-bond acceptors (Lipinski definition) is 6. The number of rotatable bonds is 6. The summed E-state index contributed by atoms with van der Waals surface area (Å²) >= 11 is 6.38. The van der Waals surface area contributed by atoms with Gasteiger partial charge in [0.2, 0.25) is 11.8 Å². The summed E-state index contributed by atoms with van der Waals surface area (Å²) < 4.78 is 5.88. The number of azo groups is 1. The standard InChI is InChI=1S/C32H23ClN4O2/c1-20-10-12-21(13-11-20)31-36-37-32(39-31)22-14-16-26(17-15-22)34-35-29-27-8-4-2-6-23(27)18-25(30(29)38)19-24-7-3-5-9-28(24)33/h2-18,38H,19H2,1H3. The van der Waals surface area contributed by atoms with Gasteiger partial charge >= 0.3 is 0 Å². The molecule has 0 saturated heterocycles. The summed E-state index contributed by atoms with van der Waals surface area (Å²) in [6.45, 7) is 2.03. The lowest BCUT2D eigenvalue weighted by Crippen LogP contribution is -1.91. The molecule has 1 N–H and O–H groups in total. The van der Waals surface area contributed by atoms with Gasteiger partial charge in [-0.1, -0.05) is 71.8 Å². The molecule has 0 bridgehead atoms. The van der Waals surface area contributed by atoms with Crippen LogP contribution in [0.5, 0.6) is 5.75 Å². The molecule has 1 heterocycles. The number of phenols is 1. The lowest BCUT2D eigenvalue weighted by molar-refractivity contribution is 0.471. The van der Waals surface area contributed by atoms with E-state index in [1.165, 1.54) is 0 Å². The molecule has 0 atom stereocenters. The van der Waals surface area contributed by atoms with Gasteiger partial charge in [-0.15, -0.1) is 15.3 Å². The molecule has 0 aliphatic heterocycles. The molecular weight excluding hydrogens is 508 g/mol. The third-order valence-electron chi connectivity index (χ3n) is 6.52. The van der Waals surface area contributed by atoms with Crippen molar-refractivity contribution in [2.75, 3.05) is 0 Å². The highest BCUT2D eigenvalue weighted by molar-refractivity contribution is 6.31. The van der Waals surface area contributed by atoms with Crippen LogP contribution >= 0.6 is 11.6 Å². The molecule has 1 aromatic heterocycles. The predicted molar refractivity (Wildman–Crippen MR) is 154 cm³/mol. The van der Waals surface area contributed by atoms with Gasteiger partial charge < -0.3 is 9.52 Å². The molecule has 0 amide bonds. The van der Waals surface area contributed by atoms with Crippen LogP contribution in [-0.2, 0) is 6.42 Å². The van der Waals surface area contributed by atoms with Gasteiger partial charge in [-0.05, 0) is 66.4 Å². The number of aryl methyl sites for hydroxylation is 1. The van der Waals surface area contributed by atoms with E-state index in [0.717, 1.165) is 38.6 Å². The zero-order valence-electron chi connectivity index (χ0n) is 21.0.